The molecule has 276 valence electrons. The van der Waals surface area contributed by atoms with E-state index in [0.29, 0.717) is 0 Å². The van der Waals surface area contributed by atoms with Gasteiger partial charge in [-0.05, 0) is 12.8 Å². The minimum absolute atomic E-state index is 0.246. The van der Waals surface area contributed by atoms with E-state index >= 15 is 0 Å². The fourth-order valence-electron chi connectivity index (χ4n) is 5.89. The summed E-state index contributed by atoms with van der Waals surface area (Å²) in [6.07, 6.45) is 38.0. The largest absolute Gasteiger partial charge is 0.454 e. The third kappa shape index (κ3) is 36.8. The normalized spacial score (nSPS) is 11.0. The van der Waals surface area contributed by atoms with Gasteiger partial charge in [0, 0.05) is 12.8 Å². The van der Waals surface area contributed by atoms with Crippen LogP contribution in [0.15, 0.2) is 0 Å². The summed E-state index contributed by atoms with van der Waals surface area (Å²) < 4.78 is 14.4. The molecule has 0 saturated carbocycles. The van der Waals surface area contributed by atoms with Crippen molar-refractivity contribution in [1.82, 2.24) is 0 Å². The predicted molar refractivity (Wildman–Crippen MR) is 192 cm³/mol. The number of unbranched alkanes of at least 4 members (excludes halogenated alkanes) is 28. The van der Waals surface area contributed by atoms with Crippen LogP contribution in [0.25, 0.3) is 0 Å². The summed E-state index contributed by atoms with van der Waals surface area (Å²) in [7, 11) is 0. The Kier molecular flexibility index (Phi) is 35.4. The van der Waals surface area contributed by atoms with Crippen LogP contribution in [0.2, 0.25) is 0 Å². The fourth-order valence-corrected chi connectivity index (χ4v) is 5.89. The minimum atomic E-state index is -0.960. The van der Waals surface area contributed by atoms with Crippen LogP contribution in [0, 0.1) is 0 Å². The Labute approximate surface area is 289 Å². The summed E-state index contributed by atoms with van der Waals surface area (Å²) in [5.41, 5.74) is 0. The van der Waals surface area contributed by atoms with Crippen LogP contribution in [-0.4, -0.2) is 37.1 Å². The van der Waals surface area contributed by atoms with E-state index in [0.717, 1.165) is 38.5 Å². The first-order valence-corrected chi connectivity index (χ1v) is 20.0. The Morgan fingerprint density at radius 2 is 0.511 bits per heavy atom. The molecule has 0 rings (SSSR count). The highest BCUT2D eigenvalue weighted by atomic mass is 16.6. The molecular formula is C40H74O7. The third-order valence-corrected chi connectivity index (χ3v) is 8.90. The molecule has 0 bridgehead atoms. The van der Waals surface area contributed by atoms with E-state index in [1.165, 1.54) is 154 Å². The summed E-state index contributed by atoms with van der Waals surface area (Å²) in [5, 5.41) is 0. The quantitative estimate of drug-likeness (QED) is 0.0284. The van der Waals surface area contributed by atoms with E-state index in [1.807, 2.05) is 0 Å². The summed E-state index contributed by atoms with van der Waals surface area (Å²) in [6.45, 7) is 3.28. The second-order valence-electron chi connectivity index (χ2n) is 13.6. The van der Waals surface area contributed by atoms with E-state index in [4.69, 9.17) is 9.47 Å². The fraction of sp³-hybridized carbons (Fsp3) is 0.900. The maximum atomic E-state index is 11.9. The highest BCUT2D eigenvalue weighted by Crippen LogP contribution is 2.15. The number of hydrogen-bond acceptors (Lipinski definition) is 7. The molecule has 0 aromatic carbocycles. The van der Waals surface area contributed by atoms with E-state index in [-0.39, 0.29) is 12.8 Å². The van der Waals surface area contributed by atoms with Gasteiger partial charge < -0.3 is 14.2 Å². The van der Waals surface area contributed by atoms with Gasteiger partial charge in [0.2, 0.25) is 0 Å². The number of hydrogen-bond donors (Lipinski definition) is 0. The average molecular weight is 667 g/mol. The minimum Gasteiger partial charge on any atom is -0.454 e. The molecule has 0 aliphatic carbocycles. The van der Waals surface area contributed by atoms with Crippen LogP contribution < -0.4 is 0 Å². The molecule has 47 heavy (non-hydrogen) atoms. The monoisotopic (exact) mass is 667 g/mol. The molecule has 0 aromatic heterocycles. The number of carbonyl (C=O) groups excluding carboxylic acids is 4. The highest BCUT2D eigenvalue weighted by molar-refractivity contribution is 5.88. The smallest absolute Gasteiger partial charge is 0.352 e. The van der Waals surface area contributed by atoms with Crippen molar-refractivity contribution in [3.63, 3.8) is 0 Å². The molecule has 0 fully saturated rings. The van der Waals surface area contributed by atoms with Gasteiger partial charge in [-0.15, -0.1) is 0 Å². The summed E-state index contributed by atoms with van der Waals surface area (Å²) in [5.74, 6) is -2.87. The van der Waals surface area contributed by atoms with Crippen LogP contribution in [0.5, 0.6) is 0 Å². The average Bonchev–Trinajstić information content (AvgIpc) is 3.06. The van der Waals surface area contributed by atoms with Crippen molar-refractivity contribution in [1.29, 1.82) is 0 Å². The van der Waals surface area contributed by atoms with Gasteiger partial charge in [-0.2, -0.15) is 0 Å². The lowest BCUT2D eigenvalue weighted by molar-refractivity contribution is -0.171. The van der Waals surface area contributed by atoms with Gasteiger partial charge in [0.1, 0.15) is 0 Å². The molecule has 0 unspecified atom stereocenters. The van der Waals surface area contributed by atoms with E-state index in [2.05, 4.69) is 18.6 Å². The van der Waals surface area contributed by atoms with Crippen LogP contribution in [0.3, 0.4) is 0 Å². The van der Waals surface area contributed by atoms with Crippen molar-refractivity contribution in [3.05, 3.63) is 0 Å². The molecule has 0 spiro atoms. The third-order valence-electron chi connectivity index (χ3n) is 8.90. The number of carbonyl (C=O) groups is 4. The summed E-state index contributed by atoms with van der Waals surface area (Å²) >= 11 is 0. The van der Waals surface area contributed by atoms with Crippen molar-refractivity contribution < 1.29 is 33.4 Å². The molecule has 0 radical (unpaired) electrons. The first kappa shape index (κ1) is 45.1. The van der Waals surface area contributed by atoms with Gasteiger partial charge >= 0.3 is 23.9 Å². The first-order chi connectivity index (χ1) is 23.0. The summed E-state index contributed by atoms with van der Waals surface area (Å²) in [4.78, 5) is 47.3. The standard InChI is InChI=1S/C40H74O7/c1-3-5-7-9-11-13-15-17-19-21-23-25-27-29-31-33-37(41)45-35-39(43)47-40(44)36-46-38(42)34-32-30-28-26-24-22-20-18-16-14-12-10-8-6-4-2/h3-36H2,1-2H3. The Balaban J connectivity index is 3.48. The molecule has 0 heterocycles. The maximum Gasteiger partial charge on any atom is 0.352 e. The molecule has 0 amide bonds. The molecule has 0 aliphatic heterocycles. The molecule has 0 N–H and O–H groups in total. The molecule has 7 heteroatoms. The van der Waals surface area contributed by atoms with Crippen molar-refractivity contribution >= 4 is 23.9 Å². The zero-order valence-electron chi connectivity index (χ0n) is 30.9. The predicted octanol–water partition coefficient (Wildman–Crippen LogP) is 11.7. The second-order valence-corrected chi connectivity index (χ2v) is 13.6. The van der Waals surface area contributed by atoms with E-state index in [1.54, 1.807) is 0 Å². The van der Waals surface area contributed by atoms with Gasteiger partial charge in [0.25, 0.3) is 0 Å². The lowest BCUT2D eigenvalue weighted by Crippen LogP contribution is -2.23. The number of esters is 4. The van der Waals surface area contributed by atoms with Crippen LogP contribution in [-0.2, 0) is 33.4 Å². The molecule has 0 atom stereocenters. The zero-order valence-corrected chi connectivity index (χ0v) is 30.9. The Morgan fingerprint density at radius 3 is 0.745 bits per heavy atom. The molecule has 0 saturated heterocycles. The molecular weight excluding hydrogens is 592 g/mol. The Morgan fingerprint density at radius 1 is 0.298 bits per heavy atom. The van der Waals surface area contributed by atoms with Crippen LogP contribution in [0.1, 0.15) is 219 Å². The maximum absolute atomic E-state index is 11.9. The van der Waals surface area contributed by atoms with Crippen molar-refractivity contribution in [2.24, 2.45) is 0 Å². The van der Waals surface area contributed by atoms with Crippen molar-refractivity contribution in [3.8, 4) is 0 Å². The lowest BCUT2D eigenvalue weighted by atomic mass is 10.0. The van der Waals surface area contributed by atoms with E-state index in [9.17, 15) is 19.2 Å². The van der Waals surface area contributed by atoms with Crippen LogP contribution in [0.4, 0.5) is 0 Å². The SMILES string of the molecule is CCCCCCCCCCCCCCCCCC(=O)OCC(=O)OC(=O)COC(=O)CCCCCCCCCCCCCCCCC. The number of rotatable bonds is 36. The lowest BCUT2D eigenvalue weighted by Gasteiger charge is -2.06. The summed E-state index contributed by atoms with van der Waals surface area (Å²) in [6, 6.07) is 0. The van der Waals surface area contributed by atoms with E-state index < -0.39 is 37.1 Å². The topological polar surface area (TPSA) is 96.0 Å². The molecule has 0 aliphatic rings. The Bertz CT molecular complexity index is 676. The van der Waals surface area contributed by atoms with Crippen molar-refractivity contribution in [2.45, 2.75) is 219 Å². The zero-order chi connectivity index (χ0) is 34.5. The second kappa shape index (κ2) is 36.9. The first-order valence-electron chi connectivity index (χ1n) is 20.0. The van der Waals surface area contributed by atoms with Crippen molar-refractivity contribution in [2.75, 3.05) is 13.2 Å². The molecule has 0 aromatic rings. The van der Waals surface area contributed by atoms with Gasteiger partial charge in [-0.3, -0.25) is 9.59 Å². The highest BCUT2D eigenvalue weighted by Gasteiger charge is 2.15. The van der Waals surface area contributed by atoms with Gasteiger partial charge in [-0.25, -0.2) is 9.59 Å². The van der Waals surface area contributed by atoms with Gasteiger partial charge in [0.05, 0.1) is 0 Å². The Hall–Kier alpha value is -1.92. The van der Waals surface area contributed by atoms with Crippen LogP contribution >= 0.6 is 0 Å². The molecule has 7 nitrogen and oxygen atoms in total. The van der Waals surface area contributed by atoms with Gasteiger partial charge in [0.15, 0.2) is 13.2 Å². The van der Waals surface area contributed by atoms with Gasteiger partial charge in [-0.1, -0.05) is 194 Å². The number of ether oxygens (including phenoxy) is 3.